The van der Waals surface area contributed by atoms with Crippen LogP contribution < -0.4 is 5.73 Å². The van der Waals surface area contributed by atoms with E-state index in [2.05, 4.69) is 10.2 Å². The molecule has 1 aromatic carbocycles. The van der Waals surface area contributed by atoms with Gasteiger partial charge in [0.15, 0.2) is 0 Å². The lowest BCUT2D eigenvalue weighted by Crippen LogP contribution is -2.17. The van der Waals surface area contributed by atoms with Crippen LogP contribution in [0.15, 0.2) is 34.5 Å². The van der Waals surface area contributed by atoms with E-state index in [9.17, 15) is 0 Å². The third kappa shape index (κ3) is 1.77. The van der Waals surface area contributed by atoms with E-state index in [4.69, 9.17) is 17.3 Å². The average Bonchev–Trinajstić information content (AvgIpc) is 2.20. The molecule has 0 aromatic heterocycles. The van der Waals surface area contributed by atoms with E-state index >= 15 is 0 Å². The quantitative estimate of drug-likeness (QED) is 0.754. The molecule has 2 rings (SSSR count). The van der Waals surface area contributed by atoms with Gasteiger partial charge in [0.25, 0.3) is 0 Å². The number of hydrogen-bond donors (Lipinski definition) is 1. The molecule has 0 bridgehead atoms. The van der Waals surface area contributed by atoms with Crippen molar-refractivity contribution in [1.82, 2.24) is 0 Å². The van der Waals surface area contributed by atoms with Gasteiger partial charge in [-0.3, -0.25) is 0 Å². The monoisotopic (exact) mass is 207 g/mol. The van der Waals surface area contributed by atoms with E-state index in [0.29, 0.717) is 10.9 Å². The zero-order chi connectivity index (χ0) is 9.97. The molecule has 0 radical (unpaired) electrons. The molecule has 3 nitrogen and oxygen atoms in total. The Hall–Kier alpha value is -1.35. The summed E-state index contributed by atoms with van der Waals surface area (Å²) in [4.78, 5) is 0. The molecule has 0 unspecified atom stereocenters. The largest absolute Gasteiger partial charge is 0.386 e. The van der Waals surface area contributed by atoms with Crippen molar-refractivity contribution < 1.29 is 0 Å². The molecule has 0 atom stereocenters. The van der Waals surface area contributed by atoms with Gasteiger partial charge in [0.1, 0.15) is 5.84 Å². The highest BCUT2D eigenvalue weighted by molar-refractivity contribution is 6.34. The van der Waals surface area contributed by atoms with Crippen LogP contribution in [0.25, 0.3) is 0 Å². The summed E-state index contributed by atoms with van der Waals surface area (Å²) in [6, 6.07) is 7.62. The highest BCUT2D eigenvalue weighted by atomic mass is 35.5. The Labute approximate surface area is 87.3 Å². The number of nitrogens with zero attached hydrogens (tertiary/aromatic N) is 2. The standard InChI is InChI=1S/C10H10ClN3/c11-8-4-2-1-3-7(8)9-5-6-10(12)14-13-9/h1-4H,5-6H2,(H2,12,14). The van der Waals surface area contributed by atoms with Gasteiger partial charge in [-0.2, -0.15) is 5.10 Å². The Morgan fingerprint density at radius 1 is 1.14 bits per heavy atom. The zero-order valence-corrected chi connectivity index (χ0v) is 8.33. The van der Waals surface area contributed by atoms with Crippen molar-refractivity contribution in [3.63, 3.8) is 0 Å². The second-order valence-electron chi connectivity index (χ2n) is 3.12. The van der Waals surface area contributed by atoms with Gasteiger partial charge >= 0.3 is 0 Å². The Kier molecular flexibility index (Phi) is 2.50. The van der Waals surface area contributed by atoms with Crippen LogP contribution in [0.2, 0.25) is 5.02 Å². The maximum Gasteiger partial charge on any atom is 0.122 e. The van der Waals surface area contributed by atoms with Crippen molar-refractivity contribution in [3.05, 3.63) is 34.9 Å². The molecule has 1 heterocycles. The fourth-order valence-corrected chi connectivity index (χ4v) is 1.60. The first-order chi connectivity index (χ1) is 6.77. The Bertz CT molecular complexity index is 410. The zero-order valence-electron chi connectivity index (χ0n) is 7.57. The smallest absolute Gasteiger partial charge is 0.122 e. The van der Waals surface area contributed by atoms with Gasteiger partial charge in [-0.15, -0.1) is 5.10 Å². The number of rotatable bonds is 1. The number of amidine groups is 1. The first-order valence-electron chi connectivity index (χ1n) is 4.41. The topological polar surface area (TPSA) is 50.7 Å². The van der Waals surface area contributed by atoms with Crippen molar-refractivity contribution in [3.8, 4) is 0 Å². The van der Waals surface area contributed by atoms with Gasteiger partial charge in [0.2, 0.25) is 0 Å². The average molecular weight is 208 g/mol. The first-order valence-corrected chi connectivity index (χ1v) is 4.79. The first kappa shape index (κ1) is 9.21. The van der Waals surface area contributed by atoms with E-state index in [0.717, 1.165) is 24.1 Å². The minimum Gasteiger partial charge on any atom is -0.386 e. The lowest BCUT2D eigenvalue weighted by molar-refractivity contribution is 1.02. The van der Waals surface area contributed by atoms with E-state index < -0.39 is 0 Å². The number of nitrogens with two attached hydrogens (primary N) is 1. The summed E-state index contributed by atoms with van der Waals surface area (Å²) in [6.07, 6.45) is 1.56. The van der Waals surface area contributed by atoms with Crippen LogP contribution in [0.1, 0.15) is 18.4 Å². The third-order valence-corrected chi connectivity index (χ3v) is 2.43. The summed E-state index contributed by atoms with van der Waals surface area (Å²) in [5.41, 5.74) is 7.38. The van der Waals surface area contributed by atoms with Crippen molar-refractivity contribution in [2.24, 2.45) is 15.9 Å². The molecule has 4 heteroatoms. The molecule has 0 saturated carbocycles. The summed E-state index contributed by atoms with van der Waals surface area (Å²) in [6.45, 7) is 0. The lowest BCUT2D eigenvalue weighted by Gasteiger charge is -2.10. The number of hydrogen-bond acceptors (Lipinski definition) is 3. The predicted octanol–water partition coefficient (Wildman–Crippen LogP) is 2.20. The van der Waals surface area contributed by atoms with Crippen molar-refractivity contribution in [2.45, 2.75) is 12.8 Å². The molecular formula is C10H10ClN3. The summed E-state index contributed by atoms with van der Waals surface area (Å²) >= 11 is 6.03. The third-order valence-electron chi connectivity index (χ3n) is 2.10. The number of halogens is 1. The molecule has 1 aliphatic heterocycles. The van der Waals surface area contributed by atoms with Crippen LogP contribution in [-0.2, 0) is 0 Å². The van der Waals surface area contributed by atoms with Gasteiger partial charge in [0, 0.05) is 17.0 Å². The molecule has 0 spiro atoms. The minimum absolute atomic E-state index is 0.584. The van der Waals surface area contributed by atoms with E-state index in [-0.39, 0.29) is 0 Å². The number of benzene rings is 1. The minimum atomic E-state index is 0.584. The van der Waals surface area contributed by atoms with E-state index in [1.54, 1.807) is 0 Å². The van der Waals surface area contributed by atoms with Gasteiger partial charge in [-0.05, 0) is 12.5 Å². The van der Waals surface area contributed by atoms with Gasteiger partial charge in [-0.25, -0.2) is 0 Å². The van der Waals surface area contributed by atoms with Gasteiger partial charge < -0.3 is 5.73 Å². The molecule has 72 valence electrons. The second kappa shape index (κ2) is 3.80. The molecule has 0 amide bonds. The summed E-state index contributed by atoms with van der Waals surface area (Å²) in [5.74, 6) is 0.584. The van der Waals surface area contributed by atoms with Crippen LogP contribution in [0.4, 0.5) is 0 Å². The van der Waals surface area contributed by atoms with Crippen LogP contribution in [-0.4, -0.2) is 11.5 Å². The van der Waals surface area contributed by atoms with E-state index in [1.165, 1.54) is 0 Å². The Morgan fingerprint density at radius 3 is 2.57 bits per heavy atom. The van der Waals surface area contributed by atoms with Crippen LogP contribution in [0.5, 0.6) is 0 Å². The molecule has 1 aliphatic rings. The van der Waals surface area contributed by atoms with Gasteiger partial charge in [-0.1, -0.05) is 29.8 Å². The van der Waals surface area contributed by atoms with Crippen molar-refractivity contribution in [1.29, 1.82) is 0 Å². The second-order valence-corrected chi connectivity index (χ2v) is 3.53. The van der Waals surface area contributed by atoms with Crippen LogP contribution in [0.3, 0.4) is 0 Å². The molecule has 0 aliphatic carbocycles. The van der Waals surface area contributed by atoms with Gasteiger partial charge in [0.05, 0.1) is 5.71 Å². The summed E-state index contributed by atoms with van der Waals surface area (Å²) < 4.78 is 0. The fraction of sp³-hybridized carbons (Fsp3) is 0.200. The predicted molar refractivity (Wildman–Crippen MR) is 58.8 cm³/mol. The maximum atomic E-state index is 6.03. The van der Waals surface area contributed by atoms with Crippen molar-refractivity contribution in [2.75, 3.05) is 0 Å². The maximum absolute atomic E-state index is 6.03. The molecular weight excluding hydrogens is 198 g/mol. The fourth-order valence-electron chi connectivity index (χ4n) is 1.35. The van der Waals surface area contributed by atoms with E-state index in [1.807, 2.05) is 24.3 Å². The molecule has 0 fully saturated rings. The molecule has 2 N–H and O–H groups in total. The van der Waals surface area contributed by atoms with Crippen molar-refractivity contribution >= 4 is 23.1 Å². The highest BCUT2D eigenvalue weighted by Crippen LogP contribution is 2.19. The molecule has 1 aromatic rings. The molecule has 0 saturated heterocycles. The normalized spacial score (nSPS) is 16.1. The Balaban J connectivity index is 2.37. The Morgan fingerprint density at radius 2 is 1.93 bits per heavy atom. The summed E-state index contributed by atoms with van der Waals surface area (Å²) in [5, 5.41) is 8.60. The van der Waals surface area contributed by atoms with Crippen LogP contribution in [0, 0.1) is 0 Å². The lowest BCUT2D eigenvalue weighted by atomic mass is 10.0. The SMILES string of the molecule is NC1=NN=C(c2ccccc2Cl)CC1. The highest BCUT2D eigenvalue weighted by Gasteiger charge is 2.11. The van der Waals surface area contributed by atoms with Crippen LogP contribution >= 0.6 is 11.6 Å². The summed E-state index contributed by atoms with van der Waals surface area (Å²) in [7, 11) is 0. The molecule has 14 heavy (non-hydrogen) atoms.